The van der Waals surface area contributed by atoms with E-state index in [9.17, 15) is 18.0 Å². The number of hydrogen-bond donors (Lipinski definition) is 0. The number of carbonyl (C=O) groups excluding carboxylic acids is 2. The van der Waals surface area contributed by atoms with Gasteiger partial charge in [-0.15, -0.1) is 0 Å². The molecule has 0 aliphatic rings. The molecular formula is C16H22O6S. The van der Waals surface area contributed by atoms with Crippen molar-refractivity contribution in [3.63, 3.8) is 0 Å². The van der Waals surface area contributed by atoms with E-state index in [4.69, 9.17) is 8.92 Å². The number of ketones is 1. The maximum absolute atomic E-state index is 12.6. The Morgan fingerprint density at radius 3 is 2.00 bits per heavy atom. The van der Waals surface area contributed by atoms with E-state index in [0.717, 1.165) is 19.4 Å². The second-order valence-electron chi connectivity index (χ2n) is 5.58. The summed E-state index contributed by atoms with van der Waals surface area (Å²) in [4.78, 5) is 23.8. The monoisotopic (exact) mass is 342 g/mol. The van der Waals surface area contributed by atoms with Gasteiger partial charge in [-0.25, -0.2) is 8.98 Å². The quantitative estimate of drug-likeness (QED) is 0.447. The van der Waals surface area contributed by atoms with Gasteiger partial charge >= 0.3 is 5.97 Å². The predicted octanol–water partition coefficient (Wildman–Crippen LogP) is 2.23. The maximum Gasteiger partial charge on any atom is 0.347 e. The molecule has 1 aromatic rings. The van der Waals surface area contributed by atoms with Crippen LogP contribution in [-0.4, -0.2) is 32.4 Å². The van der Waals surface area contributed by atoms with Crippen LogP contribution in [-0.2, 0) is 28.6 Å². The Morgan fingerprint density at radius 1 is 1.13 bits per heavy atom. The highest BCUT2D eigenvalue weighted by molar-refractivity contribution is 7.87. The normalized spacial score (nSPS) is 14.2. The summed E-state index contributed by atoms with van der Waals surface area (Å²) in [6.07, 6.45) is 0. The fourth-order valence-electron chi connectivity index (χ4n) is 2.33. The molecule has 7 heteroatoms. The van der Waals surface area contributed by atoms with Crippen molar-refractivity contribution >= 4 is 21.9 Å². The molecule has 1 aromatic carbocycles. The first kappa shape index (κ1) is 19.3. The van der Waals surface area contributed by atoms with Crippen molar-refractivity contribution in [2.24, 2.45) is 0 Å². The largest absolute Gasteiger partial charge is 0.463 e. The molecule has 0 fully saturated rings. The molecule has 0 radical (unpaired) electrons. The SMILES string of the molecule is CCOC(=O)C(C)(OS(=O)(=O)c1c(C)cc(C)cc1C)C(C)=O. The lowest BCUT2D eigenvalue weighted by molar-refractivity contribution is -0.164. The van der Waals surface area contributed by atoms with E-state index in [1.165, 1.54) is 0 Å². The molecular weight excluding hydrogens is 320 g/mol. The highest BCUT2D eigenvalue weighted by Gasteiger charge is 2.46. The van der Waals surface area contributed by atoms with Crippen LogP contribution in [0.1, 0.15) is 37.5 Å². The minimum atomic E-state index is -4.33. The summed E-state index contributed by atoms with van der Waals surface area (Å²) in [6.45, 7) is 8.85. The minimum Gasteiger partial charge on any atom is -0.463 e. The van der Waals surface area contributed by atoms with Gasteiger partial charge in [0.2, 0.25) is 5.60 Å². The van der Waals surface area contributed by atoms with Gasteiger partial charge in [-0.3, -0.25) is 4.79 Å². The third-order valence-electron chi connectivity index (χ3n) is 3.47. The first-order valence-corrected chi connectivity index (χ1v) is 8.58. The van der Waals surface area contributed by atoms with Crippen molar-refractivity contribution in [3.05, 3.63) is 28.8 Å². The molecule has 0 N–H and O–H groups in total. The molecule has 6 nitrogen and oxygen atoms in total. The van der Waals surface area contributed by atoms with Crippen LogP contribution < -0.4 is 0 Å². The standard InChI is InChI=1S/C16H22O6S/c1-7-21-15(18)16(6,13(5)17)22-23(19,20)14-11(3)8-10(2)9-12(14)4/h8-9H,7H2,1-6H3. The predicted molar refractivity (Wildman–Crippen MR) is 84.6 cm³/mol. The molecule has 1 unspecified atom stereocenters. The van der Waals surface area contributed by atoms with Crippen LogP contribution in [0.2, 0.25) is 0 Å². The summed E-state index contributed by atoms with van der Waals surface area (Å²) >= 11 is 0. The number of hydrogen-bond acceptors (Lipinski definition) is 6. The molecule has 0 saturated heterocycles. The number of ether oxygens (including phenoxy) is 1. The molecule has 1 rings (SSSR count). The minimum absolute atomic E-state index is 0.00764. The summed E-state index contributed by atoms with van der Waals surface area (Å²) in [5.41, 5.74) is -0.341. The summed E-state index contributed by atoms with van der Waals surface area (Å²) in [7, 11) is -4.33. The zero-order valence-corrected chi connectivity index (χ0v) is 15.0. The first-order chi connectivity index (χ1) is 10.5. The van der Waals surface area contributed by atoms with Crippen LogP contribution in [0.4, 0.5) is 0 Å². The van der Waals surface area contributed by atoms with Crippen molar-refractivity contribution in [2.75, 3.05) is 6.61 Å². The average molecular weight is 342 g/mol. The smallest absolute Gasteiger partial charge is 0.347 e. The maximum atomic E-state index is 12.6. The van der Waals surface area contributed by atoms with E-state index in [2.05, 4.69) is 0 Å². The summed E-state index contributed by atoms with van der Waals surface area (Å²) in [5, 5.41) is 0. The van der Waals surface area contributed by atoms with Gasteiger partial charge in [-0.1, -0.05) is 17.7 Å². The summed E-state index contributed by atoms with van der Waals surface area (Å²) < 4.78 is 35.1. The lowest BCUT2D eigenvalue weighted by atomic mass is 10.0. The van der Waals surface area contributed by atoms with Gasteiger partial charge in [0, 0.05) is 0 Å². The lowest BCUT2D eigenvalue weighted by Gasteiger charge is -2.25. The van der Waals surface area contributed by atoms with E-state index in [0.29, 0.717) is 11.1 Å². The highest BCUT2D eigenvalue weighted by Crippen LogP contribution is 2.28. The van der Waals surface area contributed by atoms with Gasteiger partial charge < -0.3 is 4.74 Å². The van der Waals surface area contributed by atoms with Crippen LogP contribution in [0.3, 0.4) is 0 Å². The van der Waals surface area contributed by atoms with Gasteiger partial charge in [0.25, 0.3) is 10.1 Å². The van der Waals surface area contributed by atoms with Crippen molar-refractivity contribution in [1.82, 2.24) is 0 Å². The zero-order chi connectivity index (χ0) is 18.0. The van der Waals surface area contributed by atoms with Gasteiger partial charge in [0.15, 0.2) is 5.78 Å². The Labute approximate surface area is 136 Å². The van der Waals surface area contributed by atoms with Gasteiger partial charge in [-0.05, 0) is 52.7 Å². The molecule has 0 aliphatic heterocycles. The van der Waals surface area contributed by atoms with E-state index in [1.54, 1.807) is 32.9 Å². The molecule has 23 heavy (non-hydrogen) atoms. The molecule has 0 aliphatic carbocycles. The fraction of sp³-hybridized carbons (Fsp3) is 0.500. The Balaban J connectivity index is 3.39. The van der Waals surface area contributed by atoms with E-state index in [-0.39, 0.29) is 11.5 Å². The molecule has 0 amide bonds. The van der Waals surface area contributed by atoms with E-state index < -0.39 is 27.5 Å². The van der Waals surface area contributed by atoms with E-state index in [1.807, 2.05) is 6.92 Å². The van der Waals surface area contributed by atoms with Crippen LogP contribution in [0.25, 0.3) is 0 Å². The number of rotatable bonds is 6. The summed E-state index contributed by atoms with van der Waals surface area (Å²) in [5.74, 6) is -1.78. The number of carbonyl (C=O) groups is 2. The molecule has 0 spiro atoms. The second-order valence-corrected chi connectivity index (χ2v) is 7.06. The summed E-state index contributed by atoms with van der Waals surface area (Å²) in [6, 6.07) is 3.39. The van der Waals surface area contributed by atoms with Crippen LogP contribution in [0, 0.1) is 20.8 Å². The second kappa shape index (κ2) is 6.80. The molecule has 128 valence electrons. The first-order valence-electron chi connectivity index (χ1n) is 7.17. The number of esters is 1. The molecule has 1 atom stereocenters. The Bertz CT molecular complexity index is 712. The molecule has 0 heterocycles. The van der Waals surface area contributed by atoms with E-state index >= 15 is 0 Å². The molecule has 0 saturated carbocycles. The zero-order valence-electron chi connectivity index (χ0n) is 14.2. The number of Topliss-reactive ketones (excluding diaryl/α,β-unsaturated/α-hetero) is 1. The average Bonchev–Trinajstić information content (AvgIpc) is 2.36. The number of aryl methyl sites for hydroxylation is 3. The molecule has 0 bridgehead atoms. The van der Waals surface area contributed by atoms with Gasteiger partial charge in [-0.2, -0.15) is 8.42 Å². The fourth-order valence-corrected chi connectivity index (χ4v) is 3.94. The highest BCUT2D eigenvalue weighted by atomic mass is 32.2. The van der Waals surface area contributed by atoms with Crippen LogP contribution in [0.5, 0.6) is 0 Å². The van der Waals surface area contributed by atoms with Gasteiger partial charge in [0.1, 0.15) is 0 Å². The Morgan fingerprint density at radius 2 is 1.61 bits per heavy atom. The van der Waals surface area contributed by atoms with Crippen molar-refractivity contribution < 1.29 is 26.9 Å². The van der Waals surface area contributed by atoms with Crippen LogP contribution in [0.15, 0.2) is 17.0 Å². The lowest BCUT2D eigenvalue weighted by Crippen LogP contribution is -2.47. The van der Waals surface area contributed by atoms with Crippen molar-refractivity contribution in [1.29, 1.82) is 0 Å². The number of benzene rings is 1. The van der Waals surface area contributed by atoms with Gasteiger partial charge in [0.05, 0.1) is 11.5 Å². The third kappa shape index (κ3) is 3.97. The topological polar surface area (TPSA) is 86.7 Å². The Hall–Kier alpha value is -1.73. The molecule has 0 aromatic heterocycles. The van der Waals surface area contributed by atoms with Crippen molar-refractivity contribution in [3.8, 4) is 0 Å². The van der Waals surface area contributed by atoms with Crippen LogP contribution >= 0.6 is 0 Å². The third-order valence-corrected chi connectivity index (χ3v) is 5.16. The van der Waals surface area contributed by atoms with Crippen molar-refractivity contribution in [2.45, 2.75) is 52.0 Å². The Kier molecular flexibility index (Phi) is 5.71.